The average molecular weight is 493 g/mol. The van der Waals surface area contributed by atoms with Crippen LogP contribution in [0, 0.1) is 16.9 Å². The summed E-state index contributed by atoms with van der Waals surface area (Å²) in [5.41, 5.74) is 0.801. The van der Waals surface area contributed by atoms with Crippen LogP contribution in [-0.4, -0.2) is 89.2 Å². The lowest BCUT2D eigenvalue weighted by Crippen LogP contribution is -3.12. The van der Waals surface area contributed by atoms with Crippen LogP contribution in [0.25, 0.3) is 0 Å². The van der Waals surface area contributed by atoms with Gasteiger partial charge in [-0.1, -0.05) is 0 Å². The fraction of sp³-hybridized carbons (Fsp3) is 0.632. The number of piperazine rings is 1. The van der Waals surface area contributed by atoms with Crippen molar-refractivity contribution in [2.24, 2.45) is 5.92 Å². The molecule has 0 radical (unpaired) electrons. The smallest absolute Gasteiger partial charge is 0.300 e. The van der Waals surface area contributed by atoms with Crippen molar-refractivity contribution in [1.29, 1.82) is 0 Å². The zero-order valence-electron chi connectivity index (χ0n) is 17.9. The quantitative estimate of drug-likeness (QED) is 0.359. The molecule has 0 bridgehead atoms. The maximum absolute atomic E-state index is 13.1. The summed E-state index contributed by atoms with van der Waals surface area (Å²) in [5, 5.41) is 11.5. The number of anilines is 1. The number of rotatable bonds is 8. The van der Waals surface area contributed by atoms with Gasteiger partial charge in [-0.15, -0.1) is 0 Å². The largest absolute Gasteiger partial charge is 0.627 e. The van der Waals surface area contributed by atoms with Crippen molar-refractivity contribution in [1.82, 2.24) is 8.61 Å². The van der Waals surface area contributed by atoms with Crippen molar-refractivity contribution in [2.45, 2.75) is 18.9 Å². The van der Waals surface area contributed by atoms with Crippen LogP contribution in [0.5, 0.6) is 0 Å². The van der Waals surface area contributed by atoms with E-state index in [0.717, 1.165) is 11.9 Å². The van der Waals surface area contributed by atoms with Crippen LogP contribution in [0.2, 0.25) is 0 Å². The van der Waals surface area contributed by atoms with Crippen LogP contribution in [0.1, 0.15) is 12.8 Å². The van der Waals surface area contributed by atoms with Gasteiger partial charge < -0.3 is 15.2 Å². The molecule has 180 valence electrons. The zero-order chi connectivity index (χ0) is 23.5. The topological polar surface area (TPSA) is 123 Å². The standard InChI is InChI=1S/C19H29FN4O6S2/c1-31(27,28)22-8-6-16(7-9-22)19(24(26)15-25)14-32(29,30)23-12-10-21(11-13-23)18-4-2-17(20)3-5-18/h2-5,15-16,19,24H,6-14H2,1H3. The number of sulfonamides is 2. The number of amides is 1. The summed E-state index contributed by atoms with van der Waals surface area (Å²) in [4.78, 5) is 13.2. The number of nitrogens with one attached hydrogen (secondary N) is 1. The Morgan fingerprint density at radius 2 is 1.59 bits per heavy atom. The van der Waals surface area contributed by atoms with Gasteiger partial charge in [-0.3, -0.25) is 0 Å². The molecule has 2 unspecified atom stereocenters. The van der Waals surface area contributed by atoms with Crippen molar-refractivity contribution in [3.8, 4) is 0 Å². The monoisotopic (exact) mass is 492 g/mol. The number of benzene rings is 1. The first-order valence-electron chi connectivity index (χ1n) is 10.4. The molecule has 1 amide bonds. The van der Waals surface area contributed by atoms with E-state index in [1.807, 2.05) is 4.90 Å². The van der Waals surface area contributed by atoms with Gasteiger partial charge in [0.15, 0.2) is 0 Å². The number of nitrogens with zero attached hydrogens (tertiary/aromatic N) is 3. The Balaban J connectivity index is 1.63. The molecule has 2 heterocycles. The highest BCUT2D eigenvalue weighted by molar-refractivity contribution is 7.89. The lowest BCUT2D eigenvalue weighted by Gasteiger charge is -2.39. The van der Waals surface area contributed by atoms with Gasteiger partial charge in [0.25, 0.3) is 6.41 Å². The molecule has 2 aliphatic rings. The summed E-state index contributed by atoms with van der Waals surface area (Å²) in [7, 11) is -7.16. The third-order valence-electron chi connectivity index (χ3n) is 6.23. The minimum Gasteiger partial charge on any atom is -0.627 e. The summed E-state index contributed by atoms with van der Waals surface area (Å²) in [6, 6.07) is 4.99. The molecule has 0 spiro atoms. The molecular weight excluding hydrogens is 463 g/mol. The molecule has 1 N–H and O–H groups in total. The molecule has 0 aliphatic carbocycles. The minimum atomic E-state index is -3.81. The van der Waals surface area contributed by atoms with E-state index in [9.17, 15) is 31.2 Å². The van der Waals surface area contributed by atoms with Crippen molar-refractivity contribution in [3.05, 3.63) is 35.3 Å². The Bertz CT molecular complexity index is 989. The molecule has 0 saturated carbocycles. The number of hydrogen-bond acceptors (Lipinski definition) is 7. The van der Waals surface area contributed by atoms with Crippen molar-refractivity contribution in [2.75, 3.05) is 56.2 Å². The molecule has 3 rings (SSSR count). The van der Waals surface area contributed by atoms with Crippen molar-refractivity contribution >= 4 is 32.1 Å². The second-order valence-corrected chi connectivity index (χ2v) is 12.3. The molecule has 0 aromatic heterocycles. The van der Waals surface area contributed by atoms with Gasteiger partial charge in [0.1, 0.15) is 17.6 Å². The Morgan fingerprint density at radius 3 is 2.09 bits per heavy atom. The first-order chi connectivity index (χ1) is 15.0. The normalized spacial score (nSPS) is 21.9. The third kappa shape index (κ3) is 6.02. The molecular formula is C19H29FN4O6S2. The van der Waals surface area contributed by atoms with E-state index in [-0.39, 0.29) is 44.3 Å². The summed E-state index contributed by atoms with van der Waals surface area (Å²) in [5.74, 6) is -1.19. The molecule has 1 aromatic carbocycles. The highest BCUT2D eigenvalue weighted by atomic mass is 32.2. The lowest BCUT2D eigenvalue weighted by atomic mass is 9.91. The van der Waals surface area contributed by atoms with Gasteiger partial charge in [-0.05, 0) is 37.1 Å². The predicted octanol–water partition coefficient (Wildman–Crippen LogP) is -1.14. The summed E-state index contributed by atoms with van der Waals surface area (Å²) < 4.78 is 65.3. The van der Waals surface area contributed by atoms with Crippen LogP contribution < -0.4 is 9.96 Å². The number of quaternary nitrogens is 1. The van der Waals surface area contributed by atoms with E-state index >= 15 is 0 Å². The van der Waals surface area contributed by atoms with Gasteiger partial charge in [0, 0.05) is 50.9 Å². The Labute approximate surface area is 188 Å². The van der Waals surface area contributed by atoms with Gasteiger partial charge in [-0.25, -0.2) is 30.3 Å². The second-order valence-electron chi connectivity index (χ2n) is 8.27. The first-order valence-corrected chi connectivity index (χ1v) is 13.9. The number of carbonyl (C=O) groups excluding carboxylic acids is 1. The molecule has 1 aromatic rings. The van der Waals surface area contributed by atoms with E-state index in [1.165, 1.54) is 20.7 Å². The lowest BCUT2D eigenvalue weighted by molar-refractivity contribution is -0.787. The maximum atomic E-state index is 13.1. The fourth-order valence-electron chi connectivity index (χ4n) is 4.36. The van der Waals surface area contributed by atoms with E-state index < -0.39 is 36.9 Å². The van der Waals surface area contributed by atoms with Crippen LogP contribution in [0.3, 0.4) is 0 Å². The summed E-state index contributed by atoms with van der Waals surface area (Å²) in [6.07, 6.45) is 1.92. The molecule has 2 saturated heterocycles. The van der Waals surface area contributed by atoms with E-state index in [1.54, 1.807) is 12.1 Å². The number of piperidine rings is 1. The Morgan fingerprint density at radius 1 is 1.03 bits per heavy atom. The van der Waals surface area contributed by atoms with Gasteiger partial charge in [-0.2, -0.15) is 4.31 Å². The van der Waals surface area contributed by atoms with E-state index in [4.69, 9.17) is 0 Å². The predicted molar refractivity (Wildman–Crippen MR) is 117 cm³/mol. The molecule has 32 heavy (non-hydrogen) atoms. The van der Waals surface area contributed by atoms with Gasteiger partial charge in [0.2, 0.25) is 20.0 Å². The molecule has 2 fully saturated rings. The maximum Gasteiger partial charge on any atom is 0.300 e. The summed E-state index contributed by atoms with van der Waals surface area (Å²) in [6.45, 7) is 1.67. The van der Waals surface area contributed by atoms with Crippen LogP contribution >= 0.6 is 0 Å². The minimum absolute atomic E-state index is 0.162. The number of carbonyl (C=O) groups is 1. The highest BCUT2D eigenvalue weighted by Crippen LogP contribution is 2.24. The second kappa shape index (κ2) is 10.1. The first kappa shape index (κ1) is 25.0. The Kier molecular flexibility index (Phi) is 7.89. The number of hydroxylamine groups is 2. The zero-order valence-corrected chi connectivity index (χ0v) is 19.5. The highest BCUT2D eigenvalue weighted by Gasteiger charge is 2.38. The molecule has 2 atom stereocenters. The Hall–Kier alpha value is -1.64. The van der Waals surface area contributed by atoms with E-state index in [2.05, 4.69) is 0 Å². The molecule has 2 aliphatic heterocycles. The van der Waals surface area contributed by atoms with Crippen LogP contribution in [0.15, 0.2) is 24.3 Å². The SMILES string of the molecule is CS(=O)(=O)N1CCC(C(CS(=O)(=O)N2CCN(c3ccc(F)cc3)CC2)[NH+]([O-])C=O)CC1. The number of hydrogen-bond donors (Lipinski definition) is 1. The van der Waals surface area contributed by atoms with Crippen molar-refractivity contribution in [3.63, 3.8) is 0 Å². The third-order valence-corrected chi connectivity index (χ3v) is 9.47. The molecule has 10 nitrogen and oxygen atoms in total. The average Bonchev–Trinajstić information content (AvgIpc) is 2.77. The molecule has 13 heteroatoms. The number of halogens is 1. The summed E-state index contributed by atoms with van der Waals surface area (Å²) >= 11 is 0. The van der Waals surface area contributed by atoms with Gasteiger partial charge >= 0.3 is 0 Å². The van der Waals surface area contributed by atoms with Crippen LogP contribution in [-0.2, 0) is 24.8 Å². The van der Waals surface area contributed by atoms with Crippen LogP contribution in [0.4, 0.5) is 10.1 Å². The van der Waals surface area contributed by atoms with E-state index in [0.29, 0.717) is 25.9 Å². The van der Waals surface area contributed by atoms with Gasteiger partial charge in [0.05, 0.1) is 6.26 Å². The van der Waals surface area contributed by atoms with Crippen molar-refractivity contribution < 1.29 is 31.1 Å². The fourth-order valence-corrected chi connectivity index (χ4v) is 7.05.